The Kier molecular flexibility index (Phi) is 6.21. The minimum atomic E-state index is -0.632. The molecule has 1 aliphatic rings. The van der Waals surface area contributed by atoms with E-state index in [9.17, 15) is 9.59 Å². The lowest BCUT2D eigenvalue weighted by molar-refractivity contribution is -0.139. The lowest BCUT2D eigenvalue weighted by Gasteiger charge is -2.25. The van der Waals surface area contributed by atoms with E-state index in [4.69, 9.17) is 9.15 Å². The average molecular weight is 516 g/mol. The van der Waals surface area contributed by atoms with Gasteiger partial charge in [0.05, 0.1) is 28.5 Å². The maximum atomic E-state index is 13.5. The van der Waals surface area contributed by atoms with Gasteiger partial charge in [0.1, 0.15) is 5.76 Å². The number of anilines is 1. The highest BCUT2D eigenvalue weighted by atomic mass is 79.9. The number of allylic oxidation sites excluding steroid dienone is 1. The Bertz CT molecular complexity index is 1380. The van der Waals surface area contributed by atoms with Crippen LogP contribution in [-0.2, 0) is 9.53 Å². The summed E-state index contributed by atoms with van der Waals surface area (Å²) < 4.78 is 13.5. The molecular formula is C23H22BrN3O4S. The highest BCUT2D eigenvalue weighted by molar-refractivity contribution is 9.10. The van der Waals surface area contributed by atoms with Crippen molar-refractivity contribution in [1.29, 1.82) is 0 Å². The van der Waals surface area contributed by atoms with E-state index in [1.165, 1.54) is 11.3 Å². The van der Waals surface area contributed by atoms with Crippen molar-refractivity contribution in [2.24, 2.45) is 4.99 Å². The molecule has 166 valence electrons. The third-order valence-corrected chi connectivity index (χ3v) is 6.52. The molecule has 1 aromatic carbocycles. The number of thiazole rings is 1. The van der Waals surface area contributed by atoms with Crippen LogP contribution < -0.4 is 19.8 Å². The molecule has 9 heteroatoms. The van der Waals surface area contributed by atoms with Crippen molar-refractivity contribution in [2.45, 2.75) is 19.9 Å². The highest BCUT2D eigenvalue weighted by Crippen LogP contribution is 2.31. The van der Waals surface area contributed by atoms with Crippen LogP contribution in [0.2, 0.25) is 0 Å². The molecule has 3 heterocycles. The third kappa shape index (κ3) is 4.10. The zero-order valence-corrected chi connectivity index (χ0v) is 20.5. The van der Waals surface area contributed by atoms with E-state index in [1.54, 1.807) is 36.6 Å². The molecule has 0 aliphatic carbocycles. The van der Waals surface area contributed by atoms with Crippen molar-refractivity contribution >= 4 is 45.0 Å². The smallest absolute Gasteiger partial charge is 0.338 e. The summed E-state index contributed by atoms with van der Waals surface area (Å²) in [6, 6.07) is 10.7. The fourth-order valence-corrected chi connectivity index (χ4v) is 4.94. The number of esters is 1. The standard InChI is InChI=1S/C23H22BrN3O4S/c1-5-30-22(29)19-13(2)25-23-27(20(19)14-6-8-15(9-7-14)26(3)4)21(28)17(32-23)12-16-10-11-18(24)31-16/h6-12,20H,5H2,1-4H3/b17-12-/t20-/m1/s1. The van der Waals surface area contributed by atoms with E-state index in [-0.39, 0.29) is 12.2 Å². The van der Waals surface area contributed by atoms with Crippen LogP contribution in [0.15, 0.2) is 66.5 Å². The largest absolute Gasteiger partial charge is 0.463 e. The Morgan fingerprint density at radius 2 is 2.00 bits per heavy atom. The number of rotatable bonds is 5. The summed E-state index contributed by atoms with van der Waals surface area (Å²) in [5, 5.41) is 0. The molecule has 1 atom stereocenters. The maximum Gasteiger partial charge on any atom is 0.338 e. The number of benzene rings is 1. The molecule has 0 amide bonds. The van der Waals surface area contributed by atoms with E-state index < -0.39 is 12.0 Å². The molecule has 32 heavy (non-hydrogen) atoms. The Hall–Kier alpha value is -2.91. The van der Waals surface area contributed by atoms with Crippen molar-refractivity contribution < 1.29 is 13.9 Å². The minimum absolute atomic E-state index is 0.236. The molecule has 0 bridgehead atoms. The van der Waals surface area contributed by atoms with Crippen LogP contribution in [0.5, 0.6) is 0 Å². The van der Waals surface area contributed by atoms with Crippen LogP contribution in [-0.4, -0.2) is 31.2 Å². The summed E-state index contributed by atoms with van der Waals surface area (Å²) in [5.41, 5.74) is 2.49. The number of ether oxygens (including phenoxy) is 1. The normalized spacial score (nSPS) is 16.0. The van der Waals surface area contributed by atoms with E-state index in [1.807, 2.05) is 43.3 Å². The van der Waals surface area contributed by atoms with Crippen LogP contribution in [0.1, 0.15) is 31.2 Å². The molecule has 0 unspecified atom stereocenters. The number of halogens is 1. The van der Waals surface area contributed by atoms with Crippen molar-refractivity contribution in [3.05, 3.63) is 83.3 Å². The molecule has 2 aromatic heterocycles. The summed E-state index contributed by atoms with van der Waals surface area (Å²) in [4.78, 5) is 33.5. The van der Waals surface area contributed by atoms with Gasteiger partial charge < -0.3 is 14.1 Å². The second-order valence-electron chi connectivity index (χ2n) is 7.43. The Labute approximate surface area is 197 Å². The molecule has 3 aromatic rings. The number of carbonyl (C=O) groups excluding carboxylic acids is 1. The third-order valence-electron chi connectivity index (χ3n) is 5.11. The van der Waals surface area contributed by atoms with Gasteiger partial charge in [-0.2, -0.15) is 0 Å². The van der Waals surface area contributed by atoms with E-state index >= 15 is 0 Å². The van der Waals surface area contributed by atoms with Gasteiger partial charge in [-0.05, 0) is 59.6 Å². The number of hydrogen-bond acceptors (Lipinski definition) is 7. The van der Waals surface area contributed by atoms with Gasteiger partial charge in [0.15, 0.2) is 9.47 Å². The predicted octanol–water partition coefficient (Wildman–Crippen LogP) is 3.22. The Morgan fingerprint density at radius 3 is 2.59 bits per heavy atom. The van der Waals surface area contributed by atoms with Crippen LogP contribution in [0.4, 0.5) is 5.69 Å². The fourth-order valence-electron chi connectivity index (χ4n) is 3.60. The number of furan rings is 1. The zero-order valence-electron chi connectivity index (χ0n) is 18.1. The monoisotopic (exact) mass is 515 g/mol. The molecule has 0 spiro atoms. The topological polar surface area (TPSA) is 77.0 Å². The van der Waals surface area contributed by atoms with Gasteiger partial charge in [0.2, 0.25) is 0 Å². The summed E-state index contributed by atoms with van der Waals surface area (Å²) in [7, 11) is 3.92. The molecule has 0 N–H and O–H groups in total. The van der Waals surface area contributed by atoms with Crippen LogP contribution >= 0.6 is 27.3 Å². The van der Waals surface area contributed by atoms with Crippen molar-refractivity contribution in [3.8, 4) is 0 Å². The van der Waals surface area contributed by atoms with Gasteiger partial charge in [-0.15, -0.1) is 0 Å². The van der Waals surface area contributed by atoms with Crippen molar-refractivity contribution in [1.82, 2.24) is 4.57 Å². The van der Waals surface area contributed by atoms with E-state index in [0.717, 1.165) is 11.3 Å². The molecule has 0 fully saturated rings. The number of aromatic nitrogens is 1. The highest BCUT2D eigenvalue weighted by Gasteiger charge is 2.33. The van der Waals surface area contributed by atoms with Gasteiger partial charge in [-0.25, -0.2) is 9.79 Å². The molecule has 7 nitrogen and oxygen atoms in total. The fraction of sp³-hybridized carbons (Fsp3) is 0.261. The number of carbonyl (C=O) groups is 1. The lowest BCUT2D eigenvalue weighted by Crippen LogP contribution is -2.39. The Balaban J connectivity index is 1.93. The second kappa shape index (κ2) is 8.91. The minimum Gasteiger partial charge on any atom is -0.463 e. The molecule has 0 saturated carbocycles. The molecule has 0 saturated heterocycles. The lowest BCUT2D eigenvalue weighted by atomic mass is 9.95. The number of hydrogen-bond donors (Lipinski definition) is 0. The van der Waals surface area contributed by atoms with Crippen molar-refractivity contribution in [3.63, 3.8) is 0 Å². The molecule has 4 rings (SSSR count). The quantitative estimate of drug-likeness (QED) is 0.487. The Morgan fingerprint density at radius 1 is 1.28 bits per heavy atom. The molecule has 1 aliphatic heterocycles. The average Bonchev–Trinajstić information content (AvgIpc) is 3.30. The zero-order chi connectivity index (χ0) is 23.0. The van der Waals surface area contributed by atoms with Gasteiger partial charge in [0.25, 0.3) is 5.56 Å². The first kappa shape index (κ1) is 22.3. The van der Waals surface area contributed by atoms with E-state index in [2.05, 4.69) is 20.9 Å². The van der Waals surface area contributed by atoms with Gasteiger partial charge >= 0.3 is 5.97 Å². The SMILES string of the molecule is CCOC(=O)C1=C(C)N=c2s/c(=C\c3ccc(Br)o3)c(=O)n2[C@@H]1c1ccc(N(C)C)cc1. The summed E-state index contributed by atoms with van der Waals surface area (Å²) >= 11 is 4.54. The first-order valence-corrected chi connectivity index (χ1v) is 11.6. The summed E-state index contributed by atoms with van der Waals surface area (Å²) in [5.74, 6) is 0.0787. The van der Waals surface area contributed by atoms with Crippen LogP contribution in [0.3, 0.4) is 0 Å². The number of fused-ring (bicyclic) bond motifs is 1. The van der Waals surface area contributed by atoms with Gasteiger partial charge in [-0.1, -0.05) is 23.5 Å². The second-order valence-corrected chi connectivity index (χ2v) is 9.22. The number of nitrogens with zero attached hydrogens (tertiary/aromatic N) is 3. The van der Waals surface area contributed by atoms with Crippen LogP contribution in [0, 0.1) is 0 Å². The summed E-state index contributed by atoms with van der Waals surface area (Å²) in [6.07, 6.45) is 1.68. The summed E-state index contributed by atoms with van der Waals surface area (Å²) in [6.45, 7) is 3.76. The molecular weight excluding hydrogens is 494 g/mol. The van der Waals surface area contributed by atoms with E-state index in [0.29, 0.717) is 31.0 Å². The van der Waals surface area contributed by atoms with Gasteiger partial charge in [0, 0.05) is 25.9 Å². The van der Waals surface area contributed by atoms with Crippen LogP contribution in [0.25, 0.3) is 6.08 Å². The first-order valence-electron chi connectivity index (χ1n) is 10.0. The van der Waals surface area contributed by atoms with Crippen molar-refractivity contribution in [2.75, 3.05) is 25.6 Å². The maximum absolute atomic E-state index is 13.5. The molecule has 0 radical (unpaired) electrons. The first-order chi connectivity index (χ1) is 15.3. The predicted molar refractivity (Wildman–Crippen MR) is 128 cm³/mol. The van der Waals surface area contributed by atoms with Gasteiger partial charge in [-0.3, -0.25) is 9.36 Å².